The number of hydrogen-bond donors (Lipinski definition) is 0. The van der Waals surface area contributed by atoms with Gasteiger partial charge in [-0.3, -0.25) is 4.40 Å². The molecule has 0 spiro atoms. The smallest absolute Gasteiger partial charge is 0.181 e. The molecule has 0 saturated heterocycles. The lowest BCUT2D eigenvalue weighted by atomic mass is 10.3. The van der Waals surface area contributed by atoms with E-state index in [1.165, 1.54) is 11.5 Å². The molecule has 6 nitrogen and oxygen atoms in total. The summed E-state index contributed by atoms with van der Waals surface area (Å²) in [6.07, 6.45) is 3.41. The van der Waals surface area contributed by atoms with E-state index in [1.54, 1.807) is 28.9 Å². The summed E-state index contributed by atoms with van der Waals surface area (Å²) in [6, 6.07) is 5.46. The van der Waals surface area contributed by atoms with Crippen molar-refractivity contribution in [1.82, 2.24) is 24.2 Å². The van der Waals surface area contributed by atoms with Gasteiger partial charge in [0, 0.05) is 12.3 Å². The maximum atomic E-state index is 8.76. The lowest BCUT2D eigenvalue weighted by Crippen LogP contribution is -1.87. The Morgan fingerprint density at radius 3 is 3.06 bits per heavy atom. The first-order chi connectivity index (χ1) is 7.88. The number of nitriles is 1. The average Bonchev–Trinajstić information content (AvgIpc) is 2.96. The van der Waals surface area contributed by atoms with Gasteiger partial charge in [-0.1, -0.05) is 4.49 Å². The highest BCUT2D eigenvalue weighted by Crippen LogP contribution is 2.20. The van der Waals surface area contributed by atoms with Crippen molar-refractivity contribution in [3.05, 3.63) is 30.1 Å². The summed E-state index contributed by atoms with van der Waals surface area (Å²) >= 11 is 1.26. The Balaban J connectivity index is 2.26. The second kappa shape index (κ2) is 3.36. The standard InChI is InChI=1S/C9H4N6S/c10-4-6-1-2-15-8(3-6)12-13-9(15)7-5-11-14-16-7/h1-3,5H. The predicted molar refractivity (Wildman–Crippen MR) is 56.6 cm³/mol. The first-order valence-electron chi connectivity index (χ1n) is 4.41. The molecule has 0 unspecified atom stereocenters. The van der Waals surface area contributed by atoms with Crippen molar-refractivity contribution in [1.29, 1.82) is 5.26 Å². The Bertz CT molecular complexity index is 678. The molecule has 0 atom stereocenters. The van der Waals surface area contributed by atoms with E-state index in [9.17, 15) is 0 Å². The fourth-order valence-electron chi connectivity index (χ4n) is 1.39. The molecule has 3 rings (SSSR count). The van der Waals surface area contributed by atoms with E-state index in [-0.39, 0.29) is 0 Å². The molecule has 0 aromatic carbocycles. The van der Waals surface area contributed by atoms with Gasteiger partial charge in [0.2, 0.25) is 0 Å². The third kappa shape index (κ3) is 1.24. The molecular weight excluding hydrogens is 224 g/mol. The van der Waals surface area contributed by atoms with Crippen LogP contribution in [-0.2, 0) is 0 Å². The zero-order chi connectivity index (χ0) is 11.0. The molecular formula is C9H4N6S. The number of nitrogens with zero attached hydrogens (tertiary/aromatic N) is 6. The number of hydrogen-bond acceptors (Lipinski definition) is 6. The van der Waals surface area contributed by atoms with E-state index in [4.69, 9.17) is 5.26 Å². The maximum absolute atomic E-state index is 8.76. The highest BCUT2D eigenvalue weighted by atomic mass is 32.1. The van der Waals surface area contributed by atoms with Crippen LogP contribution in [0.1, 0.15) is 5.56 Å². The van der Waals surface area contributed by atoms with E-state index in [2.05, 4.69) is 25.9 Å². The first-order valence-corrected chi connectivity index (χ1v) is 5.18. The van der Waals surface area contributed by atoms with Gasteiger partial charge in [0.25, 0.3) is 0 Å². The number of pyridine rings is 1. The Hall–Kier alpha value is -2.33. The van der Waals surface area contributed by atoms with Gasteiger partial charge < -0.3 is 0 Å². The Morgan fingerprint density at radius 1 is 1.38 bits per heavy atom. The van der Waals surface area contributed by atoms with Gasteiger partial charge in [-0.05, 0) is 17.6 Å². The first kappa shape index (κ1) is 8.94. The van der Waals surface area contributed by atoms with Gasteiger partial charge in [0.05, 0.1) is 17.8 Å². The van der Waals surface area contributed by atoms with E-state index >= 15 is 0 Å². The van der Waals surface area contributed by atoms with Crippen LogP contribution in [0.5, 0.6) is 0 Å². The molecule has 16 heavy (non-hydrogen) atoms. The van der Waals surface area contributed by atoms with Crippen LogP contribution in [0.4, 0.5) is 0 Å². The summed E-state index contributed by atoms with van der Waals surface area (Å²) in [5.41, 5.74) is 1.20. The molecule has 0 aliphatic heterocycles. The minimum absolute atomic E-state index is 0.564. The average molecular weight is 228 g/mol. The molecule has 0 bridgehead atoms. The number of aromatic nitrogens is 5. The topological polar surface area (TPSA) is 79.8 Å². The predicted octanol–water partition coefficient (Wildman–Crippen LogP) is 1.12. The van der Waals surface area contributed by atoms with Crippen LogP contribution >= 0.6 is 11.5 Å². The zero-order valence-electron chi connectivity index (χ0n) is 7.90. The van der Waals surface area contributed by atoms with Crippen LogP contribution in [0.25, 0.3) is 16.3 Å². The van der Waals surface area contributed by atoms with Gasteiger partial charge in [0.15, 0.2) is 11.5 Å². The lowest BCUT2D eigenvalue weighted by Gasteiger charge is -1.95. The summed E-state index contributed by atoms with van der Waals surface area (Å²) in [6.45, 7) is 0. The van der Waals surface area contributed by atoms with Crippen molar-refractivity contribution in [2.75, 3.05) is 0 Å². The number of rotatable bonds is 1. The van der Waals surface area contributed by atoms with Gasteiger partial charge in [-0.15, -0.1) is 15.3 Å². The van der Waals surface area contributed by atoms with Crippen LogP contribution in [0.3, 0.4) is 0 Å². The molecule has 0 amide bonds. The van der Waals surface area contributed by atoms with Crippen LogP contribution in [0.15, 0.2) is 24.5 Å². The van der Waals surface area contributed by atoms with E-state index in [0.717, 1.165) is 4.88 Å². The summed E-state index contributed by atoms with van der Waals surface area (Å²) in [5.74, 6) is 0.689. The van der Waals surface area contributed by atoms with Crippen LogP contribution in [0, 0.1) is 11.3 Å². The minimum atomic E-state index is 0.564. The van der Waals surface area contributed by atoms with Crippen LogP contribution < -0.4 is 0 Å². The molecule has 3 heterocycles. The van der Waals surface area contributed by atoms with Crippen molar-refractivity contribution >= 4 is 17.2 Å². The molecule has 0 N–H and O–H groups in total. The molecule has 0 aliphatic rings. The summed E-state index contributed by atoms with van der Waals surface area (Å²) in [4.78, 5) is 0.845. The Morgan fingerprint density at radius 2 is 2.31 bits per heavy atom. The fourth-order valence-corrected chi connectivity index (χ4v) is 1.89. The molecule has 0 radical (unpaired) electrons. The molecule has 3 aromatic heterocycles. The van der Waals surface area contributed by atoms with E-state index in [0.29, 0.717) is 17.0 Å². The van der Waals surface area contributed by atoms with Crippen molar-refractivity contribution < 1.29 is 0 Å². The van der Waals surface area contributed by atoms with Gasteiger partial charge >= 0.3 is 0 Å². The number of fused-ring (bicyclic) bond motifs is 1. The third-order valence-electron chi connectivity index (χ3n) is 2.12. The van der Waals surface area contributed by atoms with Gasteiger partial charge in [-0.25, -0.2) is 0 Å². The lowest BCUT2D eigenvalue weighted by molar-refractivity contribution is 1.11. The van der Waals surface area contributed by atoms with Gasteiger partial charge in [0.1, 0.15) is 4.88 Å². The largest absolute Gasteiger partial charge is 0.282 e. The quantitative estimate of drug-likeness (QED) is 0.623. The van der Waals surface area contributed by atoms with Crippen molar-refractivity contribution in [3.63, 3.8) is 0 Å². The Labute approximate surface area is 94.0 Å². The SMILES string of the molecule is N#Cc1ccn2c(-c3cnns3)nnc2c1. The molecule has 0 fully saturated rings. The van der Waals surface area contributed by atoms with E-state index < -0.39 is 0 Å². The summed E-state index contributed by atoms with van der Waals surface area (Å²) < 4.78 is 5.58. The second-order valence-electron chi connectivity index (χ2n) is 3.06. The summed E-state index contributed by atoms with van der Waals surface area (Å²) in [5, 5.41) is 20.6. The molecule has 0 aliphatic carbocycles. The molecule has 76 valence electrons. The van der Waals surface area contributed by atoms with Crippen LogP contribution in [0.2, 0.25) is 0 Å². The minimum Gasteiger partial charge on any atom is -0.282 e. The Kier molecular flexibility index (Phi) is 1.88. The molecule has 3 aromatic rings. The van der Waals surface area contributed by atoms with E-state index in [1.807, 2.05) is 0 Å². The monoisotopic (exact) mass is 228 g/mol. The zero-order valence-corrected chi connectivity index (χ0v) is 8.72. The van der Waals surface area contributed by atoms with Crippen molar-refractivity contribution in [2.45, 2.75) is 0 Å². The fraction of sp³-hybridized carbons (Fsp3) is 0. The molecule has 0 saturated carbocycles. The van der Waals surface area contributed by atoms with Crippen molar-refractivity contribution in [3.8, 4) is 16.8 Å². The van der Waals surface area contributed by atoms with Gasteiger partial charge in [-0.2, -0.15) is 5.26 Å². The summed E-state index contributed by atoms with van der Waals surface area (Å²) in [7, 11) is 0. The third-order valence-corrected chi connectivity index (χ3v) is 2.78. The second-order valence-corrected chi connectivity index (χ2v) is 3.85. The molecule has 7 heteroatoms. The van der Waals surface area contributed by atoms with Crippen molar-refractivity contribution in [2.24, 2.45) is 0 Å². The highest BCUT2D eigenvalue weighted by Gasteiger charge is 2.10. The van der Waals surface area contributed by atoms with Crippen LogP contribution in [-0.4, -0.2) is 24.2 Å². The normalized spacial score (nSPS) is 10.4. The highest BCUT2D eigenvalue weighted by molar-refractivity contribution is 7.09. The maximum Gasteiger partial charge on any atom is 0.181 e.